The van der Waals surface area contributed by atoms with Crippen LogP contribution in [0.1, 0.15) is 85.8 Å². The van der Waals surface area contributed by atoms with Gasteiger partial charge < -0.3 is 19.5 Å². The molecule has 194 valence electrons. The van der Waals surface area contributed by atoms with Gasteiger partial charge in [-0.15, -0.1) is 0 Å². The van der Waals surface area contributed by atoms with Gasteiger partial charge in [-0.25, -0.2) is 0 Å². The summed E-state index contributed by atoms with van der Waals surface area (Å²) in [6.07, 6.45) is 3.66. The maximum Gasteiger partial charge on any atom is 0.303 e. The lowest BCUT2D eigenvalue weighted by Crippen LogP contribution is -2.60. The molecule has 1 spiro atoms. The number of aryl methyl sites for hydroxylation is 2. The fraction of sp³-hybridized carbons (Fsp3) is 0.607. The molecule has 1 aromatic carbocycles. The fourth-order valence-corrected chi connectivity index (χ4v) is 6.69. The molecule has 4 heterocycles. The van der Waals surface area contributed by atoms with E-state index in [1.165, 1.54) is 0 Å². The van der Waals surface area contributed by atoms with Crippen LogP contribution in [0, 0.1) is 19.8 Å². The van der Waals surface area contributed by atoms with Gasteiger partial charge in [-0.05, 0) is 58.9 Å². The van der Waals surface area contributed by atoms with Gasteiger partial charge in [0.1, 0.15) is 11.4 Å². The highest BCUT2D eigenvalue weighted by Gasteiger charge is 2.57. The van der Waals surface area contributed by atoms with E-state index in [9.17, 15) is 14.7 Å². The van der Waals surface area contributed by atoms with E-state index < -0.39 is 17.1 Å². The molecule has 1 amide bonds. The van der Waals surface area contributed by atoms with Crippen LogP contribution in [0.4, 0.5) is 0 Å². The van der Waals surface area contributed by atoms with Gasteiger partial charge in [0, 0.05) is 36.7 Å². The molecule has 3 aliphatic heterocycles. The molecular weight excluding hydrogens is 458 g/mol. The van der Waals surface area contributed by atoms with Crippen LogP contribution in [-0.4, -0.2) is 56.0 Å². The lowest BCUT2D eigenvalue weighted by Gasteiger charge is -2.54. The number of carbonyl (C=O) groups excluding carboxylic acids is 1. The largest absolute Gasteiger partial charge is 0.487 e. The second kappa shape index (κ2) is 9.21. The zero-order valence-corrected chi connectivity index (χ0v) is 21.7. The Labute approximate surface area is 212 Å². The molecule has 4 atom stereocenters. The van der Waals surface area contributed by atoms with Crippen molar-refractivity contribution in [2.24, 2.45) is 5.92 Å². The number of hydrogen-bond donors (Lipinski definition) is 1. The SMILES string of the molecule is CCCn1nc(C)c(C(=O)N2CCC[C@]23CO[C@H]2c4ccccc4O[C@@](C)(CCC(=O)O)[C@@H]2C3)c1C. The van der Waals surface area contributed by atoms with Gasteiger partial charge in [-0.3, -0.25) is 14.3 Å². The highest BCUT2D eigenvalue weighted by molar-refractivity contribution is 5.97. The number of ether oxygens (including phenoxy) is 2. The summed E-state index contributed by atoms with van der Waals surface area (Å²) in [5, 5.41) is 14.1. The minimum absolute atomic E-state index is 0.0204. The number of hydrogen-bond acceptors (Lipinski definition) is 5. The van der Waals surface area contributed by atoms with Gasteiger partial charge in [0.15, 0.2) is 0 Å². The Balaban J connectivity index is 1.49. The standard InChI is InChI=1S/C28H37N3O5/c1-5-14-31-19(3)24(18(2)29-31)26(34)30-15-8-12-28(30)16-21-25(35-17-28)20-9-6-7-10-22(20)36-27(21,4)13-11-23(32)33/h6-7,9-10,21,25H,5,8,11-17H2,1-4H3,(H,32,33)/t21-,25+,27+,28+/m1/s1. The molecule has 2 fully saturated rings. The molecule has 1 N–H and O–H groups in total. The van der Waals surface area contributed by atoms with Crippen molar-refractivity contribution in [1.29, 1.82) is 0 Å². The maximum absolute atomic E-state index is 14.0. The number of carboxylic acids is 1. The van der Waals surface area contributed by atoms with E-state index in [0.29, 0.717) is 25.1 Å². The predicted octanol–water partition coefficient (Wildman–Crippen LogP) is 4.68. The minimum atomic E-state index is -0.839. The quantitative estimate of drug-likeness (QED) is 0.626. The van der Waals surface area contributed by atoms with Crippen LogP contribution in [-0.2, 0) is 16.1 Å². The van der Waals surface area contributed by atoms with Crippen LogP contribution in [0.25, 0.3) is 0 Å². The van der Waals surface area contributed by atoms with Crippen LogP contribution >= 0.6 is 0 Å². The molecule has 0 saturated carbocycles. The van der Waals surface area contributed by atoms with Gasteiger partial charge in [-0.1, -0.05) is 25.1 Å². The lowest BCUT2D eigenvalue weighted by molar-refractivity contribution is -0.169. The third-order valence-corrected chi connectivity index (χ3v) is 8.56. The minimum Gasteiger partial charge on any atom is -0.487 e. The summed E-state index contributed by atoms with van der Waals surface area (Å²) in [7, 11) is 0. The number of aliphatic carboxylic acids is 1. The topological polar surface area (TPSA) is 93.9 Å². The summed E-state index contributed by atoms with van der Waals surface area (Å²) in [5.41, 5.74) is 2.24. The van der Waals surface area contributed by atoms with E-state index in [2.05, 4.69) is 12.0 Å². The van der Waals surface area contributed by atoms with E-state index in [0.717, 1.165) is 54.9 Å². The number of benzene rings is 1. The summed E-state index contributed by atoms with van der Waals surface area (Å²) in [5.74, 6) is -0.124. The van der Waals surface area contributed by atoms with Crippen molar-refractivity contribution in [2.75, 3.05) is 13.2 Å². The molecule has 5 rings (SSSR count). The van der Waals surface area contributed by atoms with Crippen LogP contribution in [0.3, 0.4) is 0 Å². The normalized spacial score (nSPS) is 29.1. The molecule has 8 heteroatoms. The van der Waals surface area contributed by atoms with Crippen molar-refractivity contribution in [3.8, 4) is 5.75 Å². The molecule has 0 radical (unpaired) electrons. The fourth-order valence-electron chi connectivity index (χ4n) is 6.69. The zero-order chi connectivity index (χ0) is 25.7. The molecule has 0 unspecified atom stereocenters. The second-order valence-electron chi connectivity index (χ2n) is 10.9. The average Bonchev–Trinajstić information content (AvgIpc) is 3.37. The van der Waals surface area contributed by atoms with Gasteiger partial charge in [0.2, 0.25) is 0 Å². The first kappa shape index (κ1) is 24.8. The monoisotopic (exact) mass is 495 g/mol. The Morgan fingerprint density at radius 1 is 1.25 bits per heavy atom. The molecule has 2 saturated heterocycles. The Kier molecular flexibility index (Phi) is 6.35. The van der Waals surface area contributed by atoms with Gasteiger partial charge >= 0.3 is 5.97 Å². The smallest absolute Gasteiger partial charge is 0.303 e. The third kappa shape index (κ3) is 3.99. The van der Waals surface area contributed by atoms with Crippen LogP contribution in [0.2, 0.25) is 0 Å². The highest BCUT2D eigenvalue weighted by atomic mass is 16.5. The molecule has 1 aromatic heterocycles. The first-order chi connectivity index (χ1) is 17.2. The van der Waals surface area contributed by atoms with Crippen molar-refractivity contribution in [2.45, 2.75) is 90.0 Å². The number of nitrogens with zero attached hydrogens (tertiary/aromatic N) is 3. The number of carboxylic acid groups (broad SMARTS) is 1. The molecule has 8 nitrogen and oxygen atoms in total. The number of likely N-dealkylation sites (tertiary alicyclic amines) is 1. The molecular formula is C28H37N3O5. The van der Waals surface area contributed by atoms with E-state index in [1.54, 1.807) is 0 Å². The van der Waals surface area contributed by atoms with Gasteiger partial charge in [-0.2, -0.15) is 5.10 Å². The molecule has 2 aromatic rings. The van der Waals surface area contributed by atoms with Crippen LogP contribution in [0.5, 0.6) is 5.75 Å². The van der Waals surface area contributed by atoms with Gasteiger partial charge in [0.05, 0.1) is 29.5 Å². The van der Waals surface area contributed by atoms with Crippen molar-refractivity contribution in [1.82, 2.24) is 14.7 Å². The van der Waals surface area contributed by atoms with Crippen molar-refractivity contribution < 1.29 is 24.2 Å². The number of fused-ring (bicyclic) bond motifs is 3. The van der Waals surface area contributed by atoms with E-state index in [4.69, 9.17) is 9.47 Å². The Bertz CT molecular complexity index is 1180. The summed E-state index contributed by atoms with van der Waals surface area (Å²) in [6, 6.07) is 7.89. The van der Waals surface area contributed by atoms with Crippen molar-refractivity contribution in [3.63, 3.8) is 0 Å². The third-order valence-electron chi connectivity index (χ3n) is 8.56. The first-order valence-corrected chi connectivity index (χ1v) is 13.2. The van der Waals surface area contributed by atoms with Crippen molar-refractivity contribution in [3.05, 3.63) is 46.8 Å². The predicted molar refractivity (Wildman–Crippen MR) is 134 cm³/mol. The maximum atomic E-state index is 14.0. The van der Waals surface area contributed by atoms with E-state index in [1.807, 2.05) is 54.6 Å². The average molecular weight is 496 g/mol. The Hall–Kier alpha value is -2.87. The number of rotatable bonds is 6. The molecule has 3 aliphatic rings. The number of amides is 1. The molecule has 0 aliphatic carbocycles. The summed E-state index contributed by atoms with van der Waals surface area (Å²) >= 11 is 0. The number of para-hydroxylation sites is 1. The lowest BCUT2D eigenvalue weighted by atomic mass is 9.68. The molecule has 36 heavy (non-hydrogen) atoms. The van der Waals surface area contributed by atoms with Gasteiger partial charge in [0.25, 0.3) is 5.91 Å². The van der Waals surface area contributed by atoms with E-state index >= 15 is 0 Å². The summed E-state index contributed by atoms with van der Waals surface area (Å²) < 4.78 is 15.1. The van der Waals surface area contributed by atoms with Crippen LogP contribution < -0.4 is 4.74 Å². The molecule has 0 bridgehead atoms. The summed E-state index contributed by atoms with van der Waals surface area (Å²) in [4.78, 5) is 27.5. The summed E-state index contributed by atoms with van der Waals surface area (Å²) in [6.45, 7) is 9.94. The zero-order valence-electron chi connectivity index (χ0n) is 21.7. The highest BCUT2D eigenvalue weighted by Crippen LogP contribution is 2.55. The number of aromatic nitrogens is 2. The van der Waals surface area contributed by atoms with Crippen molar-refractivity contribution >= 4 is 11.9 Å². The Morgan fingerprint density at radius 2 is 2.03 bits per heavy atom. The van der Waals surface area contributed by atoms with E-state index in [-0.39, 0.29) is 24.3 Å². The Morgan fingerprint density at radius 3 is 2.78 bits per heavy atom. The second-order valence-corrected chi connectivity index (χ2v) is 10.9. The first-order valence-electron chi connectivity index (χ1n) is 13.2. The number of carbonyl (C=O) groups is 2. The van der Waals surface area contributed by atoms with Crippen LogP contribution in [0.15, 0.2) is 24.3 Å².